The van der Waals surface area contributed by atoms with Crippen molar-refractivity contribution >= 4 is 57.9 Å². The maximum Gasteiger partial charge on any atom is 0.339 e. The van der Waals surface area contributed by atoms with E-state index in [1.54, 1.807) is 53.9 Å². The number of hydrogen-bond acceptors (Lipinski definition) is 5. The lowest BCUT2D eigenvalue weighted by Gasteiger charge is -2.10. The largest absolute Gasteiger partial charge is 0.452 e. The van der Waals surface area contributed by atoms with Gasteiger partial charge in [-0.05, 0) is 29.6 Å². The number of rotatable bonds is 6. The Kier molecular flexibility index (Phi) is 6.46. The molecule has 0 fully saturated rings. The van der Waals surface area contributed by atoms with Crippen LogP contribution in [0.5, 0.6) is 0 Å². The molecule has 0 saturated carbocycles. The van der Waals surface area contributed by atoms with Gasteiger partial charge in [0.15, 0.2) is 6.61 Å². The van der Waals surface area contributed by atoms with Gasteiger partial charge >= 0.3 is 5.97 Å². The van der Waals surface area contributed by atoms with Crippen molar-refractivity contribution in [2.75, 3.05) is 11.9 Å². The first-order chi connectivity index (χ1) is 13.5. The van der Waals surface area contributed by atoms with Gasteiger partial charge in [-0.1, -0.05) is 53.5 Å². The number of carbonyl (C=O) groups is 3. The van der Waals surface area contributed by atoms with E-state index in [1.165, 1.54) is 17.4 Å². The van der Waals surface area contributed by atoms with E-state index in [-0.39, 0.29) is 27.0 Å². The quantitative estimate of drug-likeness (QED) is 0.434. The fourth-order valence-corrected chi connectivity index (χ4v) is 3.42. The van der Waals surface area contributed by atoms with Crippen molar-refractivity contribution in [3.05, 3.63) is 86.0 Å². The molecule has 0 aliphatic heterocycles. The Hall–Kier alpha value is -2.67. The van der Waals surface area contributed by atoms with Crippen molar-refractivity contribution in [3.8, 4) is 0 Å². The molecule has 142 valence electrons. The Morgan fingerprint density at radius 3 is 2.39 bits per heavy atom. The van der Waals surface area contributed by atoms with E-state index in [1.807, 2.05) is 0 Å². The van der Waals surface area contributed by atoms with E-state index in [9.17, 15) is 14.4 Å². The van der Waals surface area contributed by atoms with Crippen LogP contribution in [-0.2, 0) is 9.53 Å². The molecular formula is C20H13Cl2NO4S. The third-order valence-corrected chi connectivity index (χ3v) is 5.38. The predicted molar refractivity (Wildman–Crippen MR) is 110 cm³/mol. The number of ether oxygens (including phenoxy) is 1. The summed E-state index contributed by atoms with van der Waals surface area (Å²) in [6, 6.07) is 14.5. The van der Waals surface area contributed by atoms with Gasteiger partial charge in [0.25, 0.3) is 5.91 Å². The Bertz CT molecular complexity index is 1030. The van der Waals surface area contributed by atoms with Gasteiger partial charge in [-0.25, -0.2) is 4.79 Å². The smallest absolute Gasteiger partial charge is 0.339 e. The lowest BCUT2D eigenvalue weighted by Crippen LogP contribution is -2.22. The number of esters is 1. The number of amides is 1. The second-order valence-corrected chi connectivity index (χ2v) is 7.31. The van der Waals surface area contributed by atoms with Crippen molar-refractivity contribution in [3.63, 3.8) is 0 Å². The highest BCUT2D eigenvalue weighted by atomic mass is 35.5. The van der Waals surface area contributed by atoms with Crippen molar-refractivity contribution < 1.29 is 19.1 Å². The van der Waals surface area contributed by atoms with Crippen molar-refractivity contribution in [1.82, 2.24) is 0 Å². The third-order valence-electron chi connectivity index (χ3n) is 3.70. The minimum absolute atomic E-state index is 0.0921. The average molecular weight is 434 g/mol. The van der Waals surface area contributed by atoms with Crippen LogP contribution in [0.4, 0.5) is 5.69 Å². The molecule has 0 aliphatic carbocycles. The minimum Gasteiger partial charge on any atom is -0.452 e. The zero-order chi connectivity index (χ0) is 20.1. The van der Waals surface area contributed by atoms with Crippen LogP contribution in [0.25, 0.3) is 0 Å². The number of thiophene rings is 1. The average Bonchev–Trinajstić information content (AvgIpc) is 3.24. The maximum absolute atomic E-state index is 12.6. The summed E-state index contributed by atoms with van der Waals surface area (Å²) < 4.78 is 5.06. The van der Waals surface area contributed by atoms with Crippen LogP contribution in [0.15, 0.2) is 60.0 Å². The Balaban J connectivity index is 1.68. The van der Waals surface area contributed by atoms with Crippen LogP contribution in [0.2, 0.25) is 10.0 Å². The van der Waals surface area contributed by atoms with Crippen molar-refractivity contribution in [1.29, 1.82) is 0 Å². The van der Waals surface area contributed by atoms with Gasteiger partial charge in [-0.2, -0.15) is 0 Å². The number of hydrogen-bond donors (Lipinski definition) is 1. The van der Waals surface area contributed by atoms with Gasteiger partial charge in [-0.15, -0.1) is 11.3 Å². The molecule has 28 heavy (non-hydrogen) atoms. The Morgan fingerprint density at radius 1 is 0.929 bits per heavy atom. The molecule has 1 N–H and O–H groups in total. The third kappa shape index (κ3) is 4.59. The molecule has 1 amide bonds. The van der Waals surface area contributed by atoms with Crippen molar-refractivity contribution in [2.24, 2.45) is 0 Å². The second-order valence-electron chi connectivity index (χ2n) is 5.58. The summed E-state index contributed by atoms with van der Waals surface area (Å²) in [5, 5.41) is 4.78. The summed E-state index contributed by atoms with van der Waals surface area (Å²) in [6.07, 6.45) is 0. The molecule has 8 heteroatoms. The number of benzene rings is 2. The normalized spacial score (nSPS) is 10.4. The van der Waals surface area contributed by atoms with Gasteiger partial charge in [0, 0.05) is 5.56 Å². The molecule has 1 heterocycles. The maximum atomic E-state index is 12.6. The Morgan fingerprint density at radius 2 is 1.68 bits per heavy atom. The number of anilines is 1. The fourth-order valence-electron chi connectivity index (χ4n) is 2.40. The van der Waals surface area contributed by atoms with E-state index in [2.05, 4.69) is 5.32 Å². The summed E-state index contributed by atoms with van der Waals surface area (Å²) >= 11 is 13.2. The van der Waals surface area contributed by atoms with Gasteiger partial charge in [0.05, 0.1) is 26.2 Å². The lowest BCUT2D eigenvalue weighted by atomic mass is 10.0. The van der Waals surface area contributed by atoms with Crippen LogP contribution in [0.1, 0.15) is 25.6 Å². The van der Waals surface area contributed by atoms with Crippen LogP contribution in [0, 0.1) is 0 Å². The summed E-state index contributed by atoms with van der Waals surface area (Å²) in [6.45, 7) is -0.538. The Labute approximate surface area is 174 Å². The molecule has 3 aromatic rings. The topological polar surface area (TPSA) is 72.5 Å². The van der Waals surface area contributed by atoms with Gasteiger partial charge in [0.2, 0.25) is 5.78 Å². The highest BCUT2D eigenvalue weighted by molar-refractivity contribution is 7.12. The van der Waals surface area contributed by atoms with E-state index in [0.29, 0.717) is 10.6 Å². The zero-order valence-corrected chi connectivity index (χ0v) is 16.6. The molecule has 1 aromatic heterocycles. The SMILES string of the molecule is O=C(COC(=O)c1ccccc1C(=O)c1cccs1)Nc1cccc(Cl)c1Cl. The van der Waals surface area contributed by atoms with Crippen LogP contribution >= 0.6 is 34.5 Å². The summed E-state index contributed by atoms with van der Waals surface area (Å²) in [4.78, 5) is 37.6. The molecular weight excluding hydrogens is 421 g/mol. The monoisotopic (exact) mass is 433 g/mol. The molecule has 5 nitrogen and oxygen atoms in total. The standard InChI is InChI=1S/C20H13Cl2NO4S/c21-14-7-3-8-15(18(14)22)23-17(24)11-27-20(26)13-6-2-1-5-12(13)19(25)16-9-4-10-28-16/h1-10H,11H2,(H,23,24). The molecule has 3 rings (SSSR count). The molecule has 0 radical (unpaired) electrons. The van der Waals surface area contributed by atoms with Gasteiger partial charge in [0.1, 0.15) is 0 Å². The number of halogens is 2. The van der Waals surface area contributed by atoms with E-state index < -0.39 is 18.5 Å². The molecule has 0 aliphatic rings. The summed E-state index contributed by atoms with van der Waals surface area (Å²) in [5.41, 5.74) is 0.617. The zero-order valence-electron chi connectivity index (χ0n) is 14.3. The first-order valence-electron chi connectivity index (χ1n) is 8.05. The lowest BCUT2D eigenvalue weighted by molar-refractivity contribution is -0.119. The first kappa shape index (κ1) is 20.1. The summed E-state index contributed by atoms with van der Waals surface area (Å²) in [5.74, 6) is -1.63. The van der Waals surface area contributed by atoms with Crippen LogP contribution < -0.4 is 5.32 Å². The van der Waals surface area contributed by atoms with Crippen LogP contribution in [0.3, 0.4) is 0 Å². The molecule has 2 aromatic carbocycles. The van der Waals surface area contributed by atoms with E-state index in [0.717, 1.165) is 0 Å². The fraction of sp³-hybridized carbons (Fsp3) is 0.0500. The van der Waals surface area contributed by atoms with Gasteiger partial charge < -0.3 is 10.1 Å². The molecule has 0 unspecified atom stereocenters. The molecule has 0 atom stereocenters. The highest BCUT2D eigenvalue weighted by Crippen LogP contribution is 2.29. The predicted octanol–water partition coefficient (Wildman–Crippen LogP) is 5.08. The number of carbonyl (C=O) groups excluding carboxylic acids is 3. The first-order valence-corrected chi connectivity index (χ1v) is 9.69. The van der Waals surface area contributed by atoms with Crippen LogP contribution in [-0.4, -0.2) is 24.3 Å². The van der Waals surface area contributed by atoms with Crippen molar-refractivity contribution in [2.45, 2.75) is 0 Å². The van der Waals surface area contributed by atoms with E-state index in [4.69, 9.17) is 27.9 Å². The summed E-state index contributed by atoms with van der Waals surface area (Å²) in [7, 11) is 0. The molecule has 0 bridgehead atoms. The minimum atomic E-state index is -0.771. The second kappa shape index (κ2) is 9.01. The number of ketones is 1. The van der Waals surface area contributed by atoms with E-state index >= 15 is 0 Å². The number of nitrogens with one attached hydrogen (secondary N) is 1. The van der Waals surface area contributed by atoms with Gasteiger partial charge in [-0.3, -0.25) is 9.59 Å². The molecule has 0 spiro atoms. The highest BCUT2D eigenvalue weighted by Gasteiger charge is 2.20. The molecule has 0 saturated heterocycles.